The van der Waals surface area contributed by atoms with Gasteiger partial charge in [-0.1, -0.05) is 30.3 Å². The van der Waals surface area contributed by atoms with Crippen molar-refractivity contribution in [2.75, 3.05) is 13.1 Å². The maximum absolute atomic E-state index is 11.0. The summed E-state index contributed by atoms with van der Waals surface area (Å²) in [6, 6.07) is 16.7. The Morgan fingerprint density at radius 2 is 1.75 bits per heavy atom. The van der Waals surface area contributed by atoms with Crippen molar-refractivity contribution < 1.29 is 5.11 Å². The summed E-state index contributed by atoms with van der Waals surface area (Å²) in [6.45, 7) is 2.77. The summed E-state index contributed by atoms with van der Waals surface area (Å²) in [5.41, 5.74) is 2.90. The van der Waals surface area contributed by atoms with Gasteiger partial charge >= 0.3 is 0 Å². The van der Waals surface area contributed by atoms with Gasteiger partial charge in [-0.25, -0.2) is 0 Å². The Bertz CT molecular complexity index is 832. The third-order valence-corrected chi connectivity index (χ3v) is 5.85. The molecule has 1 saturated heterocycles. The van der Waals surface area contributed by atoms with Gasteiger partial charge in [0.2, 0.25) is 0 Å². The van der Waals surface area contributed by atoms with E-state index in [1.807, 2.05) is 0 Å². The number of rotatable bonds is 3. The number of para-hydroxylation sites is 1. The molecule has 2 N–H and O–H groups in total. The van der Waals surface area contributed by atoms with Gasteiger partial charge < -0.3 is 10.1 Å². The number of hydrogen-bond donors (Lipinski definition) is 2. The zero-order valence-corrected chi connectivity index (χ0v) is 15.7. The van der Waals surface area contributed by atoms with Crippen LogP contribution in [0.15, 0.2) is 54.7 Å². The SMILES string of the molecule is OC1(c2ccc(I)cc2)CCN(Cc2c[nH]c3ccccc23)CC1. The van der Waals surface area contributed by atoms with Crippen LogP contribution >= 0.6 is 22.6 Å². The number of hydrogen-bond acceptors (Lipinski definition) is 2. The Balaban J connectivity index is 1.45. The molecule has 0 spiro atoms. The Hall–Kier alpha value is -1.37. The number of piperidine rings is 1. The quantitative estimate of drug-likeness (QED) is 0.608. The van der Waals surface area contributed by atoms with E-state index in [1.54, 1.807) is 0 Å². The maximum Gasteiger partial charge on any atom is 0.0920 e. The van der Waals surface area contributed by atoms with Crippen LogP contribution in [0.2, 0.25) is 0 Å². The van der Waals surface area contributed by atoms with E-state index in [0.717, 1.165) is 38.0 Å². The van der Waals surface area contributed by atoms with Crippen LogP contribution < -0.4 is 0 Å². The molecule has 24 heavy (non-hydrogen) atoms. The maximum atomic E-state index is 11.0. The van der Waals surface area contributed by atoms with Crippen molar-refractivity contribution >= 4 is 33.5 Å². The van der Waals surface area contributed by atoms with Crippen molar-refractivity contribution in [1.29, 1.82) is 0 Å². The molecule has 3 nitrogen and oxygen atoms in total. The van der Waals surface area contributed by atoms with Crippen LogP contribution in [-0.2, 0) is 12.1 Å². The Kier molecular flexibility index (Phi) is 4.37. The van der Waals surface area contributed by atoms with Gasteiger partial charge in [-0.3, -0.25) is 4.90 Å². The molecule has 4 rings (SSSR count). The summed E-state index contributed by atoms with van der Waals surface area (Å²) in [7, 11) is 0. The lowest BCUT2D eigenvalue weighted by atomic mass is 9.84. The molecule has 0 unspecified atom stereocenters. The molecule has 0 amide bonds. The van der Waals surface area contributed by atoms with Crippen LogP contribution in [0.3, 0.4) is 0 Å². The zero-order chi connectivity index (χ0) is 16.6. The third-order valence-electron chi connectivity index (χ3n) is 5.13. The smallest absolute Gasteiger partial charge is 0.0920 e. The van der Waals surface area contributed by atoms with Gasteiger partial charge in [0.25, 0.3) is 0 Å². The van der Waals surface area contributed by atoms with Gasteiger partial charge in [0.15, 0.2) is 0 Å². The molecule has 0 bridgehead atoms. The van der Waals surface area contributed by atoms with E-state index in [2.05, 4.69) is 87.2 Å². The van der Waals surface area contributed by atoms with E-state index in [1.165, 1.54) is 20.0 Å². The molecule has 0 atom stereocenters. The molecule has 1 aliphatic rings. The first-order valence-electron chi connectivity index (χ1n) is 8.40. The van der Waals surface area contributed by atoms with Crippen LogP contribution in [0.4, 0.5) is 0 Å². The Labute approximate surface area is 155 Å². The van der Waals surface area contributed by atoms with E-state index in [4.69, 9.17) is 0 Å². The molecular weight excluding hydrogens is 411 g/mol. The number of nitrogens with zero attached hydrogens (tertiary/aromatic N) is 1. The predicted octanol–water partition coefficient (Wildman–Crippen LogP) is 4.26. The molecule has 3 aromatic rings. The van der Waals surface area contributed by atoms with Crippen molar-refractivity contribution in [3.05, 3.63) is 69.4 Å². The van der Waals surface area contributed by atoms with Gasteiger partial charge in [-0.05, 0) is 64.8 Å². The molecule has 2 aromatic carbocycles. The molecule has 1 aromatic heterocycles. The highest BCUT2D eigenvalue weighted by Crippen LogP contribution is 2.34. The zero-order valence-electron chi connectivity index (χ0n) is 13.5. The minimum Gasteiger partial charge on any atom is -0.385 e. The molecule has 0 saturated carbocycles. The number of aromatic nitrogens is 1. The molecule has 4 heteroatoms. The number of H-pyrrole nitrogens is 1. The van der Waals surface area contributed by atoms with Gasteiger partial charge in [0.05, 0.1) is 5.60 Å². The van der Waals surface area contributed by atoms with Crippen LogP contribution in [0.5, 0.6) is 0 Å². The van der Waals surface area contributed by atoms with E-state index < -0.39 is 5.60 Å². The van der Waals surface area contributed by atoms with E-state index >= 15 is 0 Å². The van der Waals surface area contributed by atoms with Crippen LogP contribution in [0.1, 0.15) is 24.0 Å². The van der Waals surface area contributed by atoms with Crippen molar-refractivity contribution in [2.24, 2.45) is 0 Å². The van der Waals surface area contributed by atoms with Crippen LogP contribution in [-0.4, -0.2) is 28.1 Å². The fraction of sp³-hybridized carbons (Fsp3) is 0.300. The summed E-state index contributed by atoms with van der Waals surface area (Å²) in [5.74, 6) is 0. The molecule has 0 aliphatic carbocycles. The molecule has 1 fully saturated rings. The lowest BCUT2D eigenvalue weighted by molar-refractivity contribution is -0.0276. The second kappa shape index (κ2) is 6.50. The lowest BCUT2D eigenvalue weighted by Gasteiger charge is -2.38. The van der Waals surface area contributed by atoms with Gasteiger partial charge in [0, 0.05) is 40.3 Å². The number of likely N-dealkylation sites (tertiary alicyclic amines) is 1. The van der Waals surface area contributed by atoms with Gasteiger partial charge in [0.1, 0.15) is 0 Å². The van der Waals surface area contributed by atoms with Crippen molar-refractivity contribution in [3.8, 4) is 0 Å². The summed E-state index contributed by atoms with van der Waals surface area (Å²) >= 11 is 2.30. The summed E-state index contributed by atoms with van der Waals surface area (Å²) in [5, 5.41) is 12.3. The average Bonchev–Trinajstić information content (AvgIpc) is 3.01. The standard InChI is InChI=1S/C20H21IN2O/c21-17-7-5-16(6-8-17)20(24)9-11-23(12-10-20)14-15-13-22-19-4-2-1-3-18(15)19/h1-8,13,22,24H,9-12,14H2. The molecule has 2 heterocycles. The first-order valence-corrected chi connectivity index (χ1v) is 9.48. The summed E-state index contributed by atoms with van der Waals surface area (Å²) < 4.78 is 1.21. The van der Waals surface area contributed by atoms with Gasteiger partial charge in [-0.2, -0.15) is 0 Å². The van der Waals surface area contributed by atoms with Crippen LogP contribution in [0, 0.1) is 3.57 Å². The summed E-state index contributed by atoms with van der Waals surface area (Å²) in [6.07, 6.45) is 3.69. The number of fused-ring (bicyclic) bond motifs is 1. The number of aliphatic hydroxyl groups is 1. The highest BCUT2D eigenvalue weighted by atomic mass is 127. The predicted molar refractivity (Wildman–Crippen MR) is 106 cm³/mol. The molecular formula is C20H21IN2O. The number of aromatic amines is 1. The first kappa shape index (κ1) is 16.1. The van der Waals surface area contributed by atoms with E-state index in [-0.39, 0.29) is 0 Å². The minimum absolute atomic E-state index is 0.680. The number of halogens is 1. The third kappa shape index (κ3) is 3.10. The number of benzene rings is 2. The van der Waals surface area contributed by atoms with E-state index in [0.29, 0.717) is 0 Å². The van der Waals surface area contributed by atoms with Crippen LogP contribution in [0.25, 0.3) is 10.9 Å². The summed E-state index contributed by atoms with van der Waals surface area (Å²) in [4.78, 5) is 5.79. The second-order valence-electron chi connectivity index (χ2n) is 6.67. The van der Waals surface area contributed by atoms with Gasteiger partial charge in [-0.15, -0.1) is 0 Å². The lowest BCUT2D eigenvalue weighted by Crippen LogP contribution is -2.42. The highest BCUT2D eigenvalue weighted by Gasteiger charge is 2.33. The topological polar surface area (TPSA) is 39.3 Å². The highest BCUT2D eigenvalue weighted by molar-refractivity contribution is 14.1. The fourth-order valence-corrected chi connectivity index (χ4v) is 3.99. The molecule has 0 radical (unpaired) electrons. The first-order chi connectivity index (χ1) is 11.6. The Morgan fingerprint density at radius 3 is 2.50 bits per heavy atom. The number of nitrogens with one attached hydrogen (secondary N) is 1. The van der Waals surface area contributed by atoms with Crippen molar-refractivity contribution in [3.63, 3.8) is 0 Å². The molecule has 124 valence electrons. The average molecular weight is 432 g/mol. The van der Waals surface area contributed by atoms with E-state index in [9.17, 15) is 5.11 Å². The van der Waals surface area contributed by atoms with Crippen molar-refractivity contribution in [2.45, 2.75) is 25.0 Å². The van der Waals surface area contributed by atoms with Crippen molar-refractivity contribution in [1.82, 2.24) is 9.88 Å². The Morgan fingerprint density at radius 1 is 1.04 bits per heavy atom. The second-order valence-corrected chi connectivity index (χ2v) is 7.92. The monoisotopic (exact) mass is 432 g/mol. The largest absolute Gasteiger partial charge is 0.385 e. The fourth-order valence-electron chi connectivity index (χ4n) is 3.63. The molecule has 1 aliphatic heterocycles. The minimum atomic E-state index is -0.680. The normalized spacial score (nSPS) is 18.1.